The first-order valence-electron chi connectivity index (χ1n) is 5.69. The van der Waals surface area contributed by atoms with Crippen molar-refractivity contribution in [2.45, 2.75) is 24.9 Å². The number of hydrogen-bond acceptors (Lipinski definition) is 7. The number of nitrogen functional groups attached to an aromatic ring is 1. The van der Waals surface area contributed by atoms with E-state index < -0.39 is 11.9 Å². The summed E-state index contributed by atoms with van der Waals surface area (Å²) >= 11 is 1.18. The summed E-state index contributed by atoms with van der Waals surface area (Å²) in [5, 5.41) is 24.1. The van der Waals surface area contributed by atoms with Gasteiger partial charge in [-0.2, -0.15) is 0 Å². The summed E-state index contributed by atoms with van der Waals surface area (Å²) in [4.78, 5) is 16.2. The minimum Gasteiger partial charge on any atom is -0.394 e. The highest BCUT2D eigenvalue weighted by atomic mass is 32.1. The summed E-state index contributed by atoms with van der Waals surface area (Å²) in [7, 11) is 0. The maximum Gasteiger partial charge on any atom is 0.265 e. The molecule has 0 spiro atoms. The van der Waals surface area contributed by atoms with E-state index in [0.29, 0.717) is 16.1 Å². The zero-order valence-electron chi connectivity index (χ0n) is 9.72. The van der Waals surface area contributed by atoms with Crippen LogP contribution < -0.4 is 16.4 Å². The summed E-state index contributed by atoms with van der Waals surface area (Å²) < 4.78 is 0. The SMILES string of the molecule is Nc1nc(NC2CC2)sc1C(=O)NC(CO)CO. The van der Waals surface area contributed by atoms with Gasteiger partial charge in [0, 0.05) is 6.04 Å². The number of carbonyl (C=O) groups excluding carboxylic acids is 1. The second kappa shape index (κ2) is 5.51. The number of amides is 1. The molecule has 7 nitrogen and oxygen atoms in total. The number of nitrogens with two attached hydrogens (primary N) is 1. The van der Waals surface area contributed by atoms with Crippen molar-refractivity contribution in [3.05, 3.63) is 4.88 Å². The molecule has 0 aliphatic heterocycles. The Morgan fingerprint density at radius 1 is 1.50 bits per heavy atom. The number of aliphatic hydroxyl groups excluding tert-OH is 2. The normalized spacial score (nSPS) is 14.8. The molecule has 2 rings (SSSR count). The lowest BCUT2D eigenvalue weighted by atomic mass is 10.3. The Labute approximate surface area is 108 Å². The van der Waals surface area contributed by atoms with Gasteiger partial charge in [0.25, 0.3) is 5.91 Å². The van der Waals surface area contributed by atoms with E-state index in [1.165, 1.54) is 11.3 Å². The molecule has 0 atom stereocenters. The average Bonchev–Trinajstić information content (AvgIpc) is 3.08. The second-order valence-electron chi connectivity index (χ2n) is 4.19. The van der Waals surface area contributed by atoms with E-state index in [1.54, 1.807) is 0 Å². The largest absolute Gasteiger partial charge is 0.394 e. The summed E-state index contributed by atoms with van der Waals surface area (Å²) in [5.74, 6) is -0.266. The average molecular weight is 272 g/mol. The van der Waals surface area contributed by atoms with Gasteiger partial charge in [-0.05, 0) is 12.8 Å². The Bertz CT molecular complexity index is 429. The highest BCUT2D eigenvalue weighted by molar-refractivity contribution is 7.18. The van der Waals surface area contributed by atoms with Crippen LogP contribution in [0.25, 0.3) is 0 Å². The number of thiazole rings is 1. The third kappa shape index (κ3) is 3.09. The van der Waals surface area contributed by atoms with Crippen molar-refractivity contribution in [3.63, 3.8) is 0 Å². The fraction of sp³-hybridized carbons (Fsp3) is 0.600. The lowest BCUT2D eigenvalue weighted by Gasteiger charge is -2.12. The molecule has 100 valence electrons. The zero-order chi connectivity index (χ0) is 13.1. The van der Waals surface area contributed by atoms with E-state index in [1.807, 2.05) is 0 Å². The molecule has 1 aliphatic rings. The molecule has 0 bridgehead atoms. The van der Waals surface area contributed by atoms with Crippen LogP contribution in [0.1, 0.15) is 22.5 Å². The van der Waals surface area contributed by atoms with E-state index in [0.717, 1.165) is 12.8 Å². The summed E-state index contributed by atoms with van der Waals surface area (Å²) in [5.41, 5.74) is 5.67. The van der Waals surface area contributed by atoms with Crippen molar-refractivity contribution in [3.8, 4) is 0 Å². The van der Waals surface area contributed by atoms with Gasteiger partial charge >= 0.3 is 0 Å². The smallest absolute Gasteiger partial charge is 0.265 e. The number of hydrogen-bond donors (Lipinski definition) is 5. The van der Waals surface area contributed by atoms with Crippen molar-refractivity contribution in [1.82, 2.24) is 10.3 Å². The number of aromatic nitrogens is 1. The maximum atomic E-state index is 11.8. The standard InChI is InChI=1S/C10H16N4O3S/c11-8-7(9(17)12-6(3-15)4-16)18-10(14-8)13-5-1-2-5/h5-6,15-16H,1-4,11H2,(H,12,17)(H,13,14). The van der Waals surface area contributed by atoms with Crippen LogP contribution in [0.15, 0.2) is 0 Å². The predicted octanol–water partition coefficient (Wildman–Crippen LogP) is -0.617. The molecule has 1 heterocycles. The van der Waals surface area contributed by atoms with Gasteiger partial charge in [0.05, 0.1) is 19.3 Å². The molecule has 0 unspecified atom stereocenters. The van der Waals surface area contributed by atoms with E-state index in [2.05, 4.69) is 15.6 Å². The van der Waals surface area contributed by atoms with Crippen molar-refractivity contribution >= 4 is 28.2 Å². The summed E-state index contributed by atoms with van der Waals surface area (Å²) in [6, 6.07) is -0.243. The number of carbonyl (C=O) groups is 1. The number of nitrogens with one attached hydrogen (secondary N) is 2. The van der Waals surface area contributed by atoms with Crippen LogP contribution >= 0.6 is 11.3 Å². The lowest BCUT2D eigenvalue weighted by Crippen LogP contribution is -2.40. The van der Waals surface area contributed by atoms with Crippen LogP contribution in [-0.4, -0.2) is 46.4 Å². The number of aliphatic hydroxyl groups is 2. The minimum atomic E-state index is -0.682. The quantitative estimate of drug-likeness (QED) is 0.471. The lowest BCUT2D eigenvalue weighted by molar-refractivity contribution is 0.0884. The predicted molar refractivity (Wildman–Crippen MR) is 68.6 cm³/mol. The van der Waals surface area contributed by atoms with Gasteiger partial charge in [-0.25, -0.2) is 4.98 Å². The fourth-order valence-corrected chi connectivity index (χ4v) is 2.22. The highest BCUT2D eigenvalue weighted by Gasteiger charge is 2.24. The maximum absolute atomic E-state index is 11.8. The van der Waals surface area contributed by atoms with Crippen molar-refractivity contribution in [1.29, 1.82) is 0 Å². The van der Waals surface area contributed by atoms with Crippen LogP contribution in [0.4, 0.5) is 10.9 Å². The third-order valence-corrected chi connectivity index (χ3v) is 3.54. The van der Waals surface area contributed by atoms with E-state index in [-0.39, 0.29) is 19.0 Å². The molecule has 0 saturated heterocycles. The topological polar surface area (TPSA) is 120 Å². The third-order valence-electron chi connectivity index (χ3n) is 2.54. The zero-order valence-corrected chi connectivity index (χ0v) is 10.5. The van der Waals surface area contributed by atoms with Crippen LogP contribution in [0.3, 0.4) is 0 Å². The number of nitrogens with zero attached hydrogens (tertiary/aromatic N) is 1. The van der Waals surface area contributed by atoms with Crippen molar-refractivity contribution < 1.29 is 15.0 Å². The van der Waals surface area contributed by atoms with E-state index in [9.17, 15) is 4.79 Å². The Balaban J connectivity index is 2.02. The molecule has 6 N–H and O–H groups in total. The van der Waals surface area contributed by atoms with Gasteiger partial charge in [-0.3, -0.25) is 4.79 Å². The number of rotatable bonds is 6. The van der Waals surface area contributed by atoms with Gasteiger partial charge in [0.2, 0.25) is 0 Å². The van der Waals surface area contributed by atoms with Crippen molar-refractivity contribution in [2.75, 3.05) is 24.3 Å². The van der Waals surface area contributed by atoms with E-state index >= 15 is 0 Å². The molecule has 0 aromatic carbocycles. The molecular formula is C10H16N4O3S. The van der Waals surface area contributed by atoms with Gasteiger partial charge in [-0.1, -0.05) is 11.3 Å². The Morgan fingerprint density at radius 2 is 2.17 bits per heavy atom. The monoisotopic (exact) mass is 272 g/mol. The van der Waals surface area contributed by atoms with Crippen LogP contribution in [0, 0.1) is 0 Å². The fourth-order valence-electron chi connectivity index (χ4n) is 1.36. The summed E-state index contributed by atoms with van der Waals surface area (Å²) in [6.07, 6.45) is 2.22. The minimum absolute atomic E-state index is 0.162. The van der Waals surface area contributed by atoms with E-state index in [4.69, 9.17) is 15.9 Å². The van der Waals surface area contributed by atoms with Gasteiger partial charge in [0.15, 0.2) is 5.13 Å². The molecule has 18 heavy (non-hydrogen) atoms. The van der Waals surface area contributed by atoms with Crippen LogP contribution in [0.5, 0.6) is 0 Å². The highest BCUT2D eigenvalue weighted by Crippen LogP contribution is 2.30. The molecule has 1 aromatic rings. The van der Waals surface area contributed by atoms with Gasteiger partial charge in [0.1, 0.15) is 10.7 Å². The first kappa shape index (κ1) is 13.1. The molecule has 8 heteroatoms. The first-order chi connectivity index (χ1) is 8.63. The van der Waals surface area contributed by atoms with Crippen molar-refractivity contribution in [2.24, 2.45) is 0 Å². The molecule has 1 saturated carbocycles. The first-order valence-corrected chi connectivity index (χ1v) is 6.51. The Hall–Kier alpha value is -1.38. The second-order valence-corrected chi connectivity index (χ2v) is 5.19. The molecule has 1 fully saturated rings. The van der Waals surface area contributed by atoms with Gasteiger partial charge in [-0.15, -0.1) is 0 Å². The molecule has 1 aromatic heterocycles. The Morgan fingerprint density at radius 3 is 2.72 bits per heavy atom. The van der Waals surface area contributed by atoms with Crippen LogP contribution in [-0.2, 0) is 0 Å². The molecule has 0 radical (unpaired) electrons. The van der Waals surface area contributed by atoms with Crippen LogP contribution in [0.2, 0.25) is 0 Å². The number of anilines is 2. The van der Waals surface area contributed by atoms with Gasteiger partial charge < -0.3 is 26.6 Å². The molecule has 1 aliphatic carbocycles. The molecular weight excluding hydrogens is 256 g/mol. The Kier molecular flexibility index (Phi) is 4.00. The summed E-state index contributed by atoms with van der Waals surface area (Å²) in [6.45, 7) is -0.651. The molecule has 1 amide bonds.